The fraction of sp³-hybridized carbons (Fsp3) is 0.200. The lowest BCUT2D eigenvalue weighted by Crippen LogP contribution is -2.26. The van der Waals surface area contributed by atoms with E-state index >= 15 is 0 Å². The molecule has 6 heteroatoms. The highest BCUT2D eigenvalue weighted by atomic mass is 32.1. The molecular formula is C15H14N2O3S. The number of aromatic nitrogens is 1. The molecule has 0 unspecified atom stereocenters. The Morgan fingerprint density at radius 1 is 1.38 bits per heavy atom. The average molecular weight is 302 g/mol. The van der Waals surface area contributed by atoms with Crippen LogP contribution >= 0.6 is 11.3 Å². The number of rotatable bonds is 4. The summed E-state index contributed by atoms with van der Waals surface area (Å²) >= 11 is 1.37. The molecule has 0 aliphatic rings. The van der Waals surface area contributed by atoms with Gasteiger partial charge < -0.3 is 14.2 Å². The molecule has 3 aromatic heterocycles. The first-order chi connectivity index (χ1) is 10.1. The van der Waals surface area contributed by atoms with E-state index in [1.54, 1.807) is 17.7 Å². The lowest BCUT2D eigenvalue weighted by atomic mass is 10.2. The van der Waals surface area contributed by atoms with E-state index in [0.717, 1.165) is 11.5 Å². The Morgan fingerprint density at radius 2 is 2.24 bits per heavy atom. The number of carbonyl (C=O) groups excluding carboxylic acids is 1. The Labute approximate surface area is 125 Å². The summed E-state index contributed by atoms with van der Waals surface area (Å²) in [5.74, 6) is 1.97. The first kappa shape index (κ1) is 13.6. The number of amides is 1. The van der Waals surface area contributed by atoms with Crippen molar-refractivity contribution in [3.8, 4) is 10.8 Å². The summed E-state index contributed by atoms with van der Waals surface area (Å²) < 4.78 is 10.8. The summed E-state index contributed by atoms with van der Waals surface area (Å²) in [6, 6.07) is 7.12. The normalized spacial score (nSPS) is 12.3. The lowest BCUT2D eigenvalue weighted by Gasteiger charge is -2.09. The summed E-state index contributed by atoms with van der Waals surface area (Å²) in [6.07, 6.45) is 1.58. The fourth-order valence-electron chi connectivity index (χ4n) is 1.92. The molecule has 0 aliphatic carbocycles. The van der Waals surface area contributed by atoms with Crippen molar-refractivity contribution in [2.45, 2.75) is 19.9 Å². The molecule has 3 aromatic rings. The van der Waals surface area contributed by atoms with Gasteiger partial charge in [0.05, 0.1) is 12.3 Å². The number of hydrogen-bond acceptors (Lipinski definition) is 5. The van der Waals surface area contributed by atoms with E-state index < -0.39 is 0 Å². The number of nitrogens with zero attached hydrogens (tertiary/aromatic N) is 1. The monoisotopic (exact) mass is 302 g/mol. The van der Waals surface area contributed by atoms with Gasteiger partial charge in [-0.15, -0.1) is 11.3 Å². The van der Waals surface area contributed by atoms with Gasteiger partial charge >= 0.3 is 0 Å². The Bertz CT molecular complexity index is 743. The predicted octanol–water partition coefficient (Wildman–Crippen LogP) is 3.80. The van der Waals surface area contributed by atoms with Crippen molar-refractivity contribution in [3.05, 3.63) is 53.1 Å². The van der Waals surface area contributed by atoms with Crippen molar-refractivity contribution >= 4 is 17.2 Å². The molecule has 3 rings (SSSR count). The highest BCUT2D eigenvalue weighted by molar-refractivity contribution is 7.13. The van der Waals surface area contributed by atoms with Crippen molar-refractivity contribution in [3.63, 3.8) is 0 Å². The third-order valence-corrected chi connectivity index (χ3v) is 3.86. The molecule has 0 radical (unpaired) electrons. The van der Waals surface area contributed by atoms with Gasteiger partial charge in [-0.25, -0.2) is 4.98 Å². The minimum absolute atomic E-state index is 0.208. The minimum atomic E-state index is -0.231. The first-order valence-corrected chi connectivity index (χ1v) is 7.38. The van der Waals surface area contributed by atoms with Crippen LogP contribution in [0.5, 0.6) is 0 Å². The number of thiazole rings is 1. The number of aryl methyl sites for hydroxylation is 1. The Kier molecular flexibility index (Phi) is 3.62. The van der Waals surface area contributed by atoms with Crippen molar-refractivity contribution < 1.29 is 13.6 Å². The summed E-state index contributed by atoms with van der Waals surface area (Å²) in [4.78, 5) is 16.5. The van der Waals surface area contributed by atoms with Gasteiger partial charge in [0.1, 0.15) is 17.2 Å². The molecular weight excluding hydrogens is 288 g/mol. The molecule has 0 fully saturated rings. The van der Waals surface area contributed by atoms with Crippen molar-refractivity contribution in [1.29, 1.82) is 0 Å². The fourth-order valence-corrected chi connectivity index (χ4v) is 2.69. The maximum atomic E-state index is 12.2. The molecule has 0 aliphatic heterocycles. The van der Waals surface area contributed by atoms with Crippen LogP contribution in [-0.2, 0) is 0 Å². The van der Waals surface area contributed by atoms with Crippen molar-refractivity contribution in [1.82, 2.24) is 10.3 Å². The zero-order valence-corrected chi connectivity index (χ0v) is 12.4. The number of hydrogen-bond donors (Lipinski definition) is 1. The summed E-state index contributed by atoms with van der Waals surface area (Å²) in [5.41, 5.74) is 0.376. The van der Waals surface area contributed by atoms with Gasteiger partial charge in [0.2, 0.25) is 0 Å². The van der Waals surface area contributed by atoms with Crippen molar-refractivity contribution in [2.75, 3.05) is 0 Å². The average Bonchev–Trinajstić information content (AvgIpc) is 3.19. The molecule has 108 valence electrons. The molecule has 0 spiro atoms. The second-order valence-corrected chi connectivity index (χ2v) is 5.52. The Morgan fingerprint density at radius 3 is 2.90 bits per heavy atom. The van der Waals surface area contributed by atoms with Gasteiger partial charge in [-0.05, 0) is 38.1 Å². The van der Waals surface area contributed by atoms with Gasteiger partial charge in [0, 0.05) is 5.38 Å². The van der Waals surface area contributed by atoms with E-state index in [9.17, 15) is 4.79 Å². The summed E-state index contributed by atoms with van der Waals surface area (Å²) in [6.45, 7) is 3.74. The second kappa shape index (κ2) is 5.57. The van der Waals surface area contributed by atoms with Gasteiger partial charge in [0.15, 0.2) is 10.8 Å². The maximum absolute atomic E-state index is 12.2. The zero-order chi connectivity index (χ0) is 14.8. The molecule has 21 heavy (non-hydrogen) atoms. The van der Waals surface area contributed by atoms with Crippen LogP contribution in [0.3, 0.4) is 0 Å². The zero-order valence-electron chi connectivity index (χ0n) is 11.6. The third kappa shape index (κ3) is 2.90. The van der Waals surface area contributed by atoms with Crippen LogP contribution in [0, 0.1) is 6.92 Å². The lowest BCUT2D eigenvalue weighted by molar-refractivity contribution is 0.0931. The second-order valence-electron chi connectivity index (χ2n) is 4.66. The van der Waals surface area contributed by atoms with Crippen LogP contribution in [0.2, 0.25) is 0 Å². The maximum Gasteiger partial charge on any atom is 0.271 e. The standard InChI is InChI=1S/C15H14N2O3S/c1-9-5-6-12(20-9)10(2)16-14(18)11-8-21-15(17-11)13-4-3-7-19-13/h3-8,10H,1-2H3,(H,16,18)/t10-/m0/s1. The smallest absolute Gasteiger partial charge is 0.271 e. The van der Waals surface area contributed by atoms with Crippen LogP contribution in [0.25, 0.3) is 10.8 Å². The van der Waals surface area contributed by atoms with Crippen LogP contribution in [0.15, 0.2) is 44.7 Å². The summed E-state index contributed by atoms with van der Waals surface area (Å²) in [7, 11) is 0. The number of nitrogens with one attached hydrogen (secondary N) is 1. The highest BCUT2D eigenvalue weighted by Gasteiger charge is 2.17. The molecule has 0 saturated carbocycles. The van der Waals surface area contributed by atoms with E-state index in [4.69, 9.17) is 8.83 Å². The molecule has 1 N–H and O–H groups in total. The number of furan rings is 2. The predicted molar refractivity (Wildman–Crippen MR) is 79.1 cm³/mol. The highest BCUT2D eigenvalue weighted by Crippen LogP contribution is 2.24. The van der Waals surface area contributed by atoms with E-state index in [1.165, 1.54) is 11.3 Å². The van der Waals surface area contributed by atoms with Crippen LogP contribution < -0.4 is 5.32 Å². The van der Waals surface area contributed by atoms with E-state index in [2.05, 4.69) is 10.3 Å². The Hall–Kier alpha value is -2.34. The largest absolute Gasteiger partial charge is 0.464 e. The molecule has 0 saturated heterocycles. The quantitative estimate of drug-likeness (QED) is 0.796. The van der Waals surface area contributed by atoms with Crippen LogP contribution in [0.4, 0.5) is 0 Å². The Balaban J connectivity index is 1.71. The van der Waals surface area contributed by atoms with E-state index in [-0.39, 0.29) is 11.9 Å². The van der Waals surface area contributed by atoms with Gasteiger partial charge in [-0.1, -0.05) is 0 Å². The van der Waals surface area contributed by atoms with Crippen LogP contribution in [-0.4, -0.2) is 10.9 Å². The molecule has 3 heterocycles. The summed E-state index contributed by atoms with van der Waals surface area (Å²) in [5, 5.41) is 5.27. The number of carbonyl (C=O) groups is 1. The van der Waals surface area contributed by atoms with Gasteiger partial charge in [0.25, 0.3) is 5.91 Å². The molecule has 1 atom stereocenters. The SMILES string of the molecule is Cc1ccc([C@H](C)NC(=O)c2csc(-c3ccco3)n2)o1. The van der Waals surface area contributed by atoms with E-state index in [1.807, 2.05) is 32.0 Å². The van der Waals surface area contributed by atoms with Crippen molar-refractivity contribution in [2.24, 2.45) is 0 Å². The molecule has 0 bridgehead atoms. The van der Waals surface area contributed by atoms with E-state index in [0.29, 0.717) is 16.5 Å². The topological polar surface area (TPSA) is 68.3 Å². The molecule has 1 amide bonds. The minimum Gasteiger partial charge on any atom is -0.464 e. The third-order valence-electron chi connectivity index (χ3n) is 3.00. The van der Waals surface area contributed by atoms with Gasteiger partial charge in [-0.3, -0.25) is 4.79 Å². The molecule has 0 aromatic carbocycles. The molecule has 5 nitrogen and oxygen atoms in total. The first-order valence-electron chi connectivity index (χ1n) is 6.50. The van der Waals surface area contributed by atoms with Gasteiger partial charge in [-0.2, -0.15) is 0 Å². The van der Waals surface area contributed by atoms with Crippen LogP contribution in [0.1, 0.15) is 35.0 Å².